The fourth-order valence-electron chi connectivity index (χ4n) is 1.84. The number of ether oxygens (including phenoxy) is 1. The topological polar surface area (TPSA) is 105 Å². The summed E-state index contributed by atoms with van der Waals surface area (Å²) in [6.45, 7) is 3.24. The van der Waals surface area contributed by atoms with Crippen LogP contribution in [0.15, 0.2) is 29.6 Å². The van der Waals surface area contributed by atoms with Crippen LogP contribution < -0.4 is 11.1 Å². The lowest BCUT2D eigenvalue weighted by Crippen LogP contribution is -2.30. The van der Waals surface area contributed by atoms with Crippen molar-refractivity contribution in [3.05, 3.63) is 46.3 Å². The molecule has 1 aromatic heterocycles. The average Bonchev–Trinajstić information content (AvgIpc) is 2.96. The van der Waals surface area contributed by atoms with E-state index in [2.05, 4.69) is 5.32 Å². The summed E-state index contributed by atoms with van der Waals surface area (Å²) in [5.74, 6) is -1.18. The fraction of sp³-hybridized carbons (Fsp3) is 0.188. The Morgan fingerprint density at radius 1 is 1.39 bits per heavy atom. The zero-order chi connectivity index (χ0) is 17.0. The molecule has 0 aliphatic rings. The number of anilines is 2. The highest BCUT2D eigenvalue weighted by atomic mass is 32.1. The number of thiophene rings is 1. The van der Waals surface area contributed by atoms with E-state index in [1.807, 2.05) is 6.07 Å². The smallest absolute Gasteiger partial charge is 0.341 e. The molecule has 0 aliphatic carbocycles. The fourth-order valence-corrected chi connectivity index (χ4v) is 2.58. The van der Waals surface area contributed by atoms with Crippen LogP contribution in [0.25, 0.3) is 0 Å². The molecule has 0 saturated heterocycles. The Morgan fingerprint density at radius 2 is 2.13 bits per heavy atom. The molecule has 1 heterocycles. The highest BCUT2D eigenvalue weighted by molar-refractivity contribution is 7.14. The van der Waals surface area contributed by atoms with Gasteiger partial charge in [-0.15, -0.1) is 11.3 Å². The highest BCUT2D eigenvalue weighted by Crippen LogP contribution is 2.23. The van der Waals surface area contributed by atoms with E-state index in [0.29, 0.717) is 16.3 Å². The van der Waals surface area contributed by atoms with Gasteiger partial charge in [-0.25, -0.2) is 4.79 Å². The van der Waals surface area contributed by atoms with Crippen molar-refractivity contribution in [2.24, 2.45) is 0 Å². The summed E-state index contributed by atoms with van der Waals surface area (Å²) < 4.78 is 5.15. The van der Waals surface area contributed by atoms with Gasteiger partial charge in [0, 0.05) is 5.69 Å². The third-order valence-corrected chi connectivity index (χ3v) is 4.05. The lowest BCUT2D eigenvalue weighted by atomic mass is 10.1. The number of benzene rings is 1. The molecule has 0 unspecified atom stereocenters. The number of nitrogens with one attached hydrogen (secondary N) is 1. The van der Waals surface area contributed by atoms with E-state index in [-0.39, 0.29) is 5.56 Å². The Labute approximate surface area is 137 Å². The van der Waals surface area contributed by atoms with E-state index in [0.717, 1.165) is 5.56 Å². The van der Waals surface area contributed by atoms with E-state index in [1.54, 1.807) is 36.6 Å². The van der Waals surface area contributed by atoms with Crippen LogP contribution in [0, 0.1) is 18.3 Å². The number of nitrogens with two attached hydrogens (primary N) is 1. The molecular formula is C16H15N3O3S. The summed E-state index contributed by atoms with van der Waals surface area (Å²) >= 11 is 1.22. The van der Waals surface area contributed by atoms with Gasteiger partial charge in [-0.2, -0.15) is 5.26 Å². The molecule has 6 nitrogen and oxygen atoms in total. The summed E-state index contributed by atoms with van der Waals surface area (Å²) in [5, 5.41) is 13.6. The molecule has 0 bridgehead atoms. The van der Waals surface area contributed by atoms with Gasteiger partial charge in [-0.05, 0) is 36.9 Å². The lowest BCUT2D eigenvalue weighted by molar-refractivity contribution is -0.123. The molecule has 1 aromatic carbocycles. The molecule has 3 N–H and O–H groups in total. The maximum absolute atomic E-state index is 12.1. The summed E-state index contributed by atoms with van der Waals surface area (Å²) in [6.07, 6.45) is -1.02. The van der Waals surface area contributed by atoms with E-state index in [1.165, 1.54) is 18.3 Å². The first-order valence-corrected chi connectivity index (χ1v) is 7.66. The number of para-hydroxylation sites is 1. The molecule has 0 aliphatic heterocycles. The molecular weight excluding hydrogens is 314 g/mol. The molecule has 7 heteroatoms. The van der Waals surface area contributed by atoms with Gasteiger partial charge in [-0.1, -0.05) is 12.1 Å². The lowest BCUT2D eigenvalue weighted by Gasteiger charge is -2.14. The van der Waals surface area contributed by atoms with Crippen molar-refractivity contribution in [2.75, 3.05) is 11.1 Å². The van der Waals surface area contributed by atoms with Crippen LogP contribution in [0.3, 0.4) is 0 Å². The molecule has 118 valence electrons. The number of esters is 1. The van der Waals surface area contributed by atoms with Crippen molar-refractivity contribution in [3.63, 3.8) is 0 Å². The maximum atomic E-state index is 12.1. The molecule has 0 fully saturated rings. The average molecular weight is 329 g/mol. The van der Waals surface area contributed by atoms with Gasteiger partial charge >= 0.3 is 5.97 Å². The number of nitriles is 1. The number of hydrogen-bond donors (Lipinski definition) is 2. The third kappa shape index (κ3) is 3.67. The molecule has 23 heavy (non-hydrogen) atoms. The van der Waals surface area contributed by atoms with Crippen molar-refractivity contribution in [3.8, 4) is 6.07 Å². The molecule has 1 amide bonds. The standard InChI is InChI=1S/C16H15N3O3S/c1-9-4-3-5-12(13(9)18)16(21)22-10(2)14(20)19-15-11(8-17)6-7-23-15/h3-7,10H,18H2,1-2H3,(H,19,20)/t10-/m0/s1. The first kappa shape index (κ1) is 16.5. The quantitative estimate of drug-likeness (QED) is 0.663. The molecule has 1 atom stereocenters. The minimum Gasteiger partial charge on any atom is -0.449 e. The number of hydrogen-bond acceptors (Lipinski definition) is 6. The second-order valence-corrected chi connectivity index (χ2v) is 5.76. The number of nitrogens with zero attached hydrogens (tertiary/aromatic N) is 1. The van der Waals surface area contributed by atoms with Crippen molar-refractivity contribution < 1.29 is 14.3 Å². The SMILES string of the molecule is Cc1cccc(C(=O)O[C@@H](C)C(=O)Nc2sccc2C#N)c1N. The Morgan fingerprint density at radius 3 is 2.83 bits per heavy atom. The molecule has 0 spiro atoms. The molecule has 0 saturated carbocycles. The zero-order valence-corrected chi connectivity index (χ0v) is 13.4. The molecule has 2 aromatic rings. The first-order chi connectivity index (χ1) is 10.9. The van der Waals surface area contributed by atoms with Gasteiger partial charge in [0.15, 0.2) is 6.10 Å². The number of rotatable bonds is 4. The van der Waals surface area contributed by atoms with Gasteiger partial charge in [0.2, 0.25) is 0 Å². The van der Waals surface area contributed by atoms with E-state index < -0.39 is 18.0 Å². The van der Waals surface area contributed by atoms with Crippen LogP contribution in [0.1, 0.15) is 28.4 Å². The second kappa shape index (κ2) is 6.94. The number of amides is 1. The number of carbonyl (C=O) groups is 2. The van der Waals surface area contributed by atoms with Crippen LogP contribution in [0.4, 0.5) is 10.7 Å². The monoisotopic (exact) mass is 329 g/mol. The van der Waals surface area contributed by atoms with Crippen molar-refractivity contribution in [2.45, 2.75) is 20.0 Å². The number of nitrogen functional groups attached to an aromatic ring is 1. The van der Waals surface area contributed by atoms with Crippen molar-refractivity contribution in [1.82, 2.24) is 0 Å². The Kier molecular flexibility index (Phi) is 4.98. The van der Waals surface area contributed by atoms with Gasteiger partial charge in [0.25, 0.3) is 5.91 Å². The first-order valence-electron chi connectivity index (χ1n) is 6.78. The highest BCUT2D eigenvalue weighted by Gasteiger charge is 2.21. The van der Waals surface area contributed by atoms with Crippen molar-refractivity contribution in [1.29, 1.82) is 5.26 Å². The van der Waals surface area contributed by atoms with Crippen LogP contribution in [-0.4, -0.2) is 18.0 Å². The summed E-state index contributed by atoms with van der Waals surface area (Å²) in [6, 6.07) is 8.59. The van der Waals surface area contributed by atoms with Gasteiger partial charge in [-0.3, -0.25) is 4.79 Å². The van der Waals surface area contributed by atoms with Crippen LogP contribution in [-0.2, 0) is 9.53 Å². The van der Waals surface area contributed by atoms with Crippen LogP contribution in [0.2, 0.25) is 0 Å². The minimum absolute atomic E-state index is 0.221. The largest absolute Gasteiger partial charge is 0.449 e. The summed E-state index contributed by atoms with van der Waals surface area (Å²) in [4.78, 5) is 24.2. The van der Waals surface area contributed by atoms with E-state index in [4.69, 9.17) is 15.7 Å². The third-order valence-electron chi connectivity index (χ3n) is 3.22. The van der Waals surface area contributed by atoms with Crippen molar-refractivity contribution >= 4 is 33.9 Å². The predicted molar refractivity (Wildman–Crippen MR) is 88.1 cm³/mol. The van der Waals surface area contributed by atoms with Crippen LogP contribution in [0.5, 0.6) is 0 Å². The van der Waals surface area contributed by atoms with Gasteiger partial charge in [0.05, 0.1) is 11.1 Å². The predicted octanol–water partition coefficient (Wildman–Crippen LogP) is 2.69. The number of aryl methyl sites for hydroxylation is 1. The van der Waals surface area contributed by atoms with Gasteiger partial charge in [0.1, 0.15) is 11.1 Å². The molecule has 2 rings (SSSR count). The Bertz CT molecular complexity index is 792. The molecule has 0 radical (unpaired) electrons. The number of carbonyl (C=O) groups excluding carboxylic acids is 2. The Balaban J connectivity index is 2.05. The zero-order valence-electron chi connectivity index (χ0n) is 12.6. The summed E-state index contributed by atoms with van der Waals surface area (Å²) in [7, 11) is 0. The van der Waals surface area contributed by atoms with Gasteiger partial charge < -0.3 is 15.8 Å². The summed E-state index contributed by atoms with van der Waals surface area (Å²) in [5.41, 5.74) is 7.52. The van der Waals surface area contributed by atoms with E-state index in [9.17, 15) is 9.59 Å². The second-order valence-electron chi connectivity index (χ2n) is 4.85. The Hall–Kier alpha value is -2.85. The minimum atomic E-state index is -1.02. The van der Waals surface area contributed by atoms with Crippen LogP contribution >= 0.6 is 11.3 Å². The normalized spacial score (nSPS) is 11.3. The van der Waals surface area contributed by atoms with E-state index >= 15 is 0 Å². The maximum Gasteiger partial charge on any atom is 0.341 e.